The number of carboxylic acid groups (broad SMARTS) is 1. The second-order valence-electron chi connectivity index (χ2n) is 2.53. The molecule has 0 atom stereocenters. The van der Waals surface area contributed by atoms with Crippen LogP contribution >= 0.6 is 0 Å². The predicted molar refractivity (Wildman–Crippen MR) is 51.5 cm³/mol. The molecule has 0 radical (unpaired) electrons. The smallest absolute Gasteiger partial charge is 0.303 e. The van der Waals surface area contributed by atoms with Crippen LogP contribution < -0.4 is 0 Å². The minimum Gasteiger partial charge on any atom is -0.481 e. The Bertz CT molecular complexity index is 137. The van der Waals surface area contributed by atoms with Gasteiger partial charge in [0.05, 0.1) is 0 Å². The molecule has 0 aliphatic carbocycles. The first-order chi connectivity index (χ1) is 5.77. The molecular weight excluding hydrogens is 219 g/mol. The fourth-order valence-corrected chi connectivity index (χ4v) is 2.10. The first kappa shape index (κ1) is 11.7. The quantitative estimate of drug-likeness (QED) is 0.762. The van der Waals surface area contributed by atoms with E-state index in [4.69, 9.17) is 5.11 Å². The minimum absolute atomic E-state index is 0.316. The molecule has 3 heteroatoms. The van der Waals surface area contributed by atoms with E-state index in [1.165, 1.54) is 11.7 Å². The molecule has 0 aromatic heterocycles. The van der Waals surface area contributed by atoms with Crippen molar-refractivity contribution in [3.63, 3.8) is 0 Å². The monoisotopic (exact) mass is 236 g/mol. The Hall–Kier alpha value is -0.271. The summed E-state index contributed by atoms with van der Waals surface area (Å²) in [4.78, 5) is 12.1. The SMILES string of the molecule is C1=C[Se]CC1.CCCCC(=O)O. The molecular formula is C9H16O2Se. The number of allylic oxidation sites excluding steroid dienone is 1. The molecule has 0 amide bonds. The van der Waals surface area contributed by atoms with E-state index in [1.54, 1.807) is 0 Å². The molecule has 0 fully saturated rings. The van der Waals surface area contributed by atoms with Crippen molar-refractivity contribution in [3.8, 4) is 0 Å². The number of rotatable bonds is 3. The van der Waals surface area contributed by atoms with Gasteiger partial charge in [0.15, 0.2) is 0 Å². The van der Waals surface area contributed by atoms with Crippen LogP contribution in [0.2, 0.25) is 5.32 Å². The Morgan fingerprint density at radius 1 is 1.67 bits per heavy atom. The fourth-order valence-electron chi connectivity index (χ4n) is 0.668. The van der Waals surface area contributed by atoms with E-state index >= 15 is 0 Å². The molecule has 0 unspecified atom stereocenters. The largest absolute Gasteiger partial charge is 0.481 e. The molecule has 0 saturated carbocycles. The molecule has 0 aromatic carbocycles. The van der Waals surface area contributed by atoms with E-state index in [-0.39, 0.29) is 0 Å². The summed E-state index contributed by atoms with van der Waals surface area (Å²) in [5.74, 6) is -0.693. The van der Waals surface area contributed by atoms with Crippen molar-refractivity contribution in [1.82, 2.24) is 0 Å². The van der Waals surface area contributed by atoms with Gasteiger partial charge in [0.2, 0.25) is 0 Å². The van der Waals surface area contributed by atoms with Crippen LogP contribution in [0.3, 0.4) is 0 Å². The number of carboxylic acids is 1. The van der Waals surface area contributed by atoms with Gasteiger partial charge in [-0.25, -0.2) is 0 Å². The van der Waals surface area contributed by atoms with Crippen LogP contribution in [0.1, 0.15) is 32.6 Å². The Morgan fingerprint density at radius 2 is 2.42 bits per heavy atom. The van der Waals surface area contributed by atoms with Gasteiger partial charge in [-0.3, -0.25) is 4.79 Å². The topological polar surface area (TPSA) is 37.3 Å². The standard InChI is InChI=1S/C5H10O2.C4H6Se/c1-2-3-4-5(6)7;1-2-4-5-3-1/h2-4H2,1H3,(H,6,7);1,3H,2,4H2. The van der Waals surface area contributed by atoms with Gasteiger partial charge in [-0.05, 0) is 6.42 Å². The molecule has 70 valence electrons. The molecule has 0 bridgehead atoms. The summed E-state index contributed by atoms with van der Waals surface area (Å²) in [5, 5.41) is 9.50. The van der Waals surface area contributed by atoms with E-state index < -0.39 is 5.97 Å². The van der Waals surface area contributed by atoms with E-state index in [1.807, 2.05) is 6.92 Å². The van der Waals surface area contributed by atoms with Crippen LogP contribution in [0.15, 0.2) is 11.1 Å². The molecule has 1 heterocycles. The van der Waals surface area contributed by atoms with Crippen molar-refractivity contribution in [2.24, 2.45) is 0 Å². The third-order valence-corrected chi connectivity index (χ3v) is 3.14. The fraction of sp³-hybridized carbons (Fsp3) is 0.667. The van der Waals surface area contributed by atoms with Crippen molar-refractivity contribution in [2.45, 2.75) is 37.9 Å². The van der Waals surface area contributed by atoms with Crippen LogP contribution in [0.4, 0.5) is 0 Å². The molecule has 1 N–H and O–H groups in total. The van der Waals surface area contributed by atoms with Gasteiger partial charge in [-0.15, -0.1) is 0 Å². The van der Waals surface area contributed by atoms with Crippen molar-refractivity contribution in [1.29, 1.82) is 0 Å². The Labute approximate surface area is 80.2 Å². The third kappa shape index (κ3) is 9.73. The van der Waals surface area contributed by atoms with Gasteiger partial charge in [0, 0.05) is 6.42 Å². The molecule has 12 heavy (non-hydrogen) atoms. The molecule has 1 aliphatic heterocycles. The summed E-state index contributed by atoms with van der Waals surface area (Å²) in [6, 6.07) is 0. The first-order valence-electron chi connectivity index (χ1n) is 4.25. The summed E-state index contributed by atoms with van der Waals surface area (Å²) < 4.78 is 0. The summed E-state index contributed by atoms with van der Waals surface area (Å²) in [6.45, 7) is 1.98. The molecule has 1 rings (SSSR count). The van der Waals surface area contributed by atoms with Crippen LogP contribution in [-0.4, -0.2) is 26.0 Å². The van der Waals surface area contributed by atoms with E-state index in [9.17, 15) is 4.79 Å². The van der Waals surface area contributed by atoms with E-state index in [2.05, 4.69) is 11.1 Å². The number of aliphatic carboxylic acids is 1. The molecule has 2 nitrogen and oxygen atoms in total. The van der Waals surface area contributed by atoms with Gasteiger partial charge in [0.1, 0.15) is 0 Å². The zero-order valence-electron chi connectivity index (χ0n) is 7.45. The van der Waals surface area contributed by atoms with Crippen molar-refractivity contribution in [2.75, 3.05) is 0 Å². The number of hydrogen-bond acceptors (Lipinski definition) is 1. The number of carbonyl (C=O) groups is 1. The van der Waals surface area contributed by atoms with Gasteiger partial charge >= 0.3 is 43.7 Å². The zero-order chi connectivity index (χ0) is 9.23. The van der Waals surface area contributed by atoms with Crippen LogP contribution in [0.25, 0.3) is 0 Å². The second kappa shape index (κ2) is 8.82. The predicted octanol–water partition coefficient (Wildman–Crippen LogP) is 2.29. The average molecular weight is 235 g/mol. The Kier molecular flexibility index (Phi) is 8.62. The van der Waals surface area contributed by atoms with Gasteiger partial charge < -0.3 is 5.11 Å². The zero-order valence-corrected chi connectivity index (χ0v) is 9.17. The van der Waals surface area contributed by atoms with Crippen molar-refractivity contribution in [3.05, 3.63) is 11.1 Å². The summed E-state index contributed by atoms with van der Waals surface area (Å²) >= 11 is 0.889. The van der Waals surface area contributed by atoms with Gasteiger partial charge in [-0.2, -0.15) is 0 Å². The van der Waals surface area contributed by atoms with E-state index in [0.717, 1.165) is 27.8 Å². The van der Waals surface area contributed by atoms with Gasteiger partial charge in [0.25, 0.3) is 0 Å². The van der Waals surface area contributed by atoms with Crippen LogP contribution in [0, 0.1) is 0 Å². The molecule has 0 spiro atoms. The summed E-state index contributed by atoms with van der Waals surface area (Å²) in [7, 11) is 0. The Morgan fingerprint density at radius 3 is 2.58 bits per heavy atom. The van der Waals surface area contributed by atoms with Crippen molar-refractivity contribution < 1.29 is 9.90 Å². The van der Waals surface area contributed by atoms with Crippen molar-refractivity contribution >= 4 is 20.9 Å². The number of hydrogen-bond donors (Lipinski definition) is 1. The molecule has 0 saturated heterocycles. The molecule has 1 aliphatic rings. The maximum Gasteiger partial charge on any atom is 0.303 e. The molecule has 0 aromatic rings. The first-order valence-corrected chi connectivity index (χ1v) is 6.45. The normalized spacial score (nSPS) is 13.8. The van der Waals surface area contributed by atoms with Crippen LogP contribution in [-0.2, 0) is 4.79 Å². The van der Waals surface area contributed by atoms with Gasteiger partial charge in [-0.1, -0.05) is 13.3 Å². The van der Waals surface area contributed by atoms with Crippen LogP contribution in [0.5, 0.6) is 0 Å². The third-order valence-electron chi connectivity index (χ3n) is 1.34. The van der Waals surface area contributed by atoms with E-state index in [0.29, 0.717) is 6.42 Å². The maximum atomic E-state index is 9.76. The minimum atomic E-state index is -0.693. The summed E-state index contributed by atoms with van der Waals surface area (Å²) in [6.07, 6.45) is 5.69. The Balaban J connectivity index is 0.000000211. The average Bonchev–Trinajstić information content (AvgIpc) is 2.57. The number of unbranched alkanes of at least 4 members (excludes halogenated alkanes) is 1. The maximum absolute atomic E-state index is 9.76. The summed E-state index contributed by atoms with van der Waals surface area (Å²) in [5.41, 5.74) is 0. The second-order valence-corrected chi connectivity index (χ2v) is 4.66.